The lowest BCUT2D eigenvalue weighted by Crippen LogP contribution is -2.19. The fourth-order valence-corrected chi connectivity index (χ4v) is 1.72. The molecule has 0 aliphatic rings. The minimum absolute atomic E-state index is 0.0850. The number of hydrogen-bond donors (Lipinski definition) is 1. The molecule has 0 heterocycles. The molecule has 0 saturated heterocycles. The number of benzene rings is 2. The lowest BCUT2D eigenvalue weighted by Gasteiger charge is -2.06. The highest BCUT2D eigenvalue weighted by Crippen LogP contribution is 2.04. The van der Waals surface area contributed by atoms with Crippen molar-refractivity contribution >= 4 is 11.6 Å². The van der Waals surface area contributed by atoms with Crippen LogP contribution in [-0.2, 0) is 16.0 Å². The van der Waals surface area contributed by atoms with E-state index in [4.69, 9.17) is 4.74 Å². The normalized spacial score (nSPS) is 10.1. The van der Waals surface area contributed by atoms with E-state index in [1.807, 2.05) is 60.7 Å². The molecule has 3 nitrogen and oxygen atoms in total. The molecule has 2 aromatic rings. The predicted molar refractivity (Wildman–Crippen MR) is 76.0 cm³/mol. The number of carbonyl (C=O) groups is 1. The van der Waals surface area contributed by atoms with Gasteiger partial charge in [-0.1, -0.05) is 48.5 Å². The van der Waals surface area contributed by atoms with Gasteiger partial charge in [0.1, 0.15) is 6.61 Å². The Bertz CT molecular complexity index is 497. The van der Waals surface area contributed by atoms with Crippen LogP contribution in [0.1, 0.15) is 5.56 Å². The summed E-state index contributed by atoms with van der Waals surface area (Å²) in [6.45, 7) is 0.633. The quantitative estimate of drug-likeness (QED) is 0.806. The van der Waals surface area contributed by atoms with Crippen LogP contribution in [0.4, 0.5) is 5.69 Å². The SMILES string of the molecule is O=C(COCCc1ccccc1)Nc1ccccc1. The maximum absolute atomic E-state index is 11.6. The number of nitrogens with one attached hydrogen (secondary N) is 1. The van der Waals surface area contributed by atoms with Gasteiger partial charge in [-0.05, 0) is 24.1 Å². The molecule has 19 heavy (non-hydrogen) atoms. The van der Waals surface area contributed by atoms with E-state index in [1.165, 1.54) is 5.56 Å². The van der Waals surface area contributed by atoms with Crippen LogP contribution in [0.5, 0.6) is 0 Å². The van der Waals surface area contributed by atoms with Gasteiger partial charge in [-0.2, -0.15) is 0 Å². The highest BCUT2D eigenvalue weighted by atomic mass is 16.5. The van der Waals surface area contributed by atoms with Crippen molar-refractivity contribution in [2.24, 2.45) is 0 Å². The van der Waals surface area contributed by atoms with Crippen LogP contribution in [0.3, 0.4) is 0 Å². The molecule has 0 radical (unpaired) electrons. The highest BCUT2D eigenvalue weighted by molar-refractivity contribution is 5.91. The Labute approximate surface area is 113 Å². The van der Waals surface area contributed by atoms with E-state index in [9.17, 15) is 4.79 Å². The molecule has 0 aliphatic carbocycles. The van der Waals surface area contributed by atoms with Crippen molar-refractivity contribution in [3.8, 4) is 0 Å². The summed E-state index contributed by atoms with van der Waals surface area (Å²) >= 11 is 0. The van der Waals surface area contributed by atoms with E-state index in [1.54, 1.807) is 0 Å². The highest BCUT2D eigenvalue weighted by Gasteiger charge is 2.01. The van der Waals surface area contributed by atoms with Gasteiger partial charge < -0.3 is 10.1 Å². The summed E-state index contributed by atoms with van der Waals surface area (Å²) in [7, 11) is 0. The average Bonchev–Trinajstić information content (AvgIpc) is 2.46. The van der Waals surface area contributed by atoms with Crippen LogP contribution < -0.4 is 5.32 Å². The molecule has 0 fully saturated rings. The topological polar surface area (TPSA) is 38.3 Å². The first-order valence-corrected chi connectivity index (χ1v) is 6.31. The average molecular weight is 255 g/mol. The van der Waals surface area contributed by atoms with Gasteiger partial charge in [-0.25, -0.2) is 0 Å². The molecule has 0 bridgehead atoms. The fraction of sp³-hybridized carbons (Fsp3) is 0.188. The summed E-state index contributed by atoms with van der Waals surface area (Å²) in [5.41, 5.74) is 2.00. The van der Waals surface area contributed by atoms with E-state index in [-0.39, 0.29) is 12.5 Å². The summed E-state index contributed by atoms with van der Waals surface area (Å²) in [5, 5.41) is 2.78. The van der Waals surface area contributed by atoms with Crippen molar-refractivity contribution in [2.75, 3.05) is 18.5 Å². The third-order valence-electron chi connectivity index (χ3n) is 2.67. The first-order chi connectivity index (χ1) is 9.34. The summed E-state index contributed by atoms with van der Waals surface area (Å²) in [6, 6.07) is 19.4. The van der Waals surface area contributed by atoms with Gasteiger partial charge in [-0.15, -0.1) is 0 Å². The number of anilines is 1. The molecule has 3 heteroatoms. The molecule has 2 rings (SSSR count). The van der Waals surface area contributed by atoms with Gasteiger partial charge in [0.2, 0.25) is 5.91 Å². The lowest BCUT2D eigenvalue weighted by atomic mass is 10.2. The molecule has 0 unspecified atom stereocenters. The Balaban J connectivity index is 1.65. The van der Waals surface area contributed by atoms with Crippen molar-refractivity contribution < 1.29 is 9.53 Å². The van der Waals surface area contributed by atoms with Crippen molar-refractivity contribution in [1.29, 1.82) is 0 Å². The Morgan fingerprint density at radius 3 is 2.26 bits per heavy atom. The monoisotopic (exact) mass is 255 g/mol. The first-order valence-electron chi connectivity index (χ1n) is 6.31. The first kappa shape index (κ1) is 13.3. The van der Waals surface area contributed by atoms with Gasteiger partial charge in [0.05, 0.1) is 6.61 Å². The van der Waals surface area contributed by atoms with E-state index in [2.05, 4.69) is 5.32 Å². The number of amides is 1. The Morgan fingerprint density at radius 2 is 1.58 bits per heavy atom. The number of hydrogen-bond acceptors (Lipinski definition) is 2. The molecule has 0 saturated carbocycles. The van der Waals surface area contributed by atoms with Crippen LogP contribution in [0.2, 0.25) is 0 Å². The molecular weight excluding hydrogens is 238 g/mol. The molecule has 2 aromatic carbocycles. The Kier molecular flexibility index (Phi) is 5.14. The molecule has 0 spiro atoms. The lowest BCUT2D eigenvalue weighted by molar-refractivity contribution is -0.120. The van der Waals surface area contributed by atoms with Gasteiger partial charge in [0.15, 0.2) is 0 Å². The van der Waals surface area contributed by atoms with E-state index in [0.717, 1.165) is 12.1 Å². The number of rotatable bonds is 6. The third-order valence-corrected chi connectivity index (χ3v) is 2.67. The van der Waals surface area contributed by atoms with Crippen LogP contribution in [0.15, 0.2) is 60.7 Å². The van der Waals surface area contributed by atoms with Crippen molar-refractivity contribution in [3.63, 3.8) is 0 Å². The summed E-state index contributed by atoms with van der Waals surface area (Å²) in [4.78, 5) is 11.6. The largest absolute Gasteiger partial charge is 0.371 e. The second-order valence-corrected chi connectivity index (χ2v) is 4.20. The van der Waals surface area contributed by atoms with Crippen LogP contribution in [0, 0.1) is 0 Å². The second kappa shape index (κ2) is 7.34. The summed E-state index contributed by atoms with van der Waals surface area (Å²) < 4.78 is 5.36. The van der Waals surface area contributed by atoms with E-state index >= 15 is 0 Å². The molecule has 1 N–H and O–H groups in total. The van der Waals surface area contributed by atoms with Crippen LogP contribution in [0.25, 0.3) is 0 Å². The summed E-state index contributed by atoms with van der Waals surface area (Å²) in [5.74, 6) is -0.126. The van der Waals surface area contributed by atoms with Crippen molar-refractivity contribution in [2.45, 2.75) is 6.42 Å². The zero-order valence-corrected chi connectivity index (χ0v) is 10.7. The maximum Gasteiger partial charge on any atom is 0.250 e. The standard InChI is InChI=1S/C16H17NO2/c18-16(17-15-9-5-2-6-10-15)13-19-12-11-14-7-3-1-4-8-14/h1-10H,11-13H2,(H,17,18). The molecule has 0 atom stereocenters. The van der Waals surface area contributed by atoms with Gasteiger partial charge in [0, 0.05) is 5.69 Å². The predicted octanol–water partition coefficient (Wildman–Crippen LogP) is 2.88. The zero-order chi connectivity index (χ0) is 13.3. The third kappa shape index (κ3) is 4.94. The number of para-hydroxylation sites is 1. The van der Waals surface area contributed by atoms with Crippen LogP contribution >= 0.6 is 0 Å². The fourth-order valence-electron chi connectivity index (χ4n) is 1.72. The zero-order valence-electron chi connectivity index (χ0n) is 10.7. The van der Waals surface area contributed by atoms with E-state index < -0.39 is 0 Å². The Morgan fingerprint density at radius 1 is 0.947 bits per heavy atom. The molecule has 0 aliphatic heterocycles. The van der Waals surface area contributed by atoms with Crippen LogP contribution in [-0.4, -0.2) is 19.1 Å². The van der Waals surface area contributed by atoms with Crippen molar-refractivity contribution in [1.82, 2.24) is 0 Å². The minimum atomic E-state index is -0.126. The molecule has 0 aromatic heterocycles. The number of ether oxygens (including phenoxy) is 1. The summed E-state index contributed by atoms with van der Waals surface area (Å²) in [6.07, 6.45) is 0.819. The number of carbonyl (C=O) groups excluding carboxylic acids is 1. The van der Waals surface area contributed by atoms with Crippen molar-refractivity contribution in [3.05, 3.63) is 66.2 Å². The Hall–Kier alpha value is -2.13. The second-order valence-electron chi connectivity index (χ2n) is 4.20. The van der Waals surface area contributed by atoms with Gasteiger partial charge in [-0.3, -0.25) is 4.79 Å². The molecular formula is C16H17NO2. The van der Waals surface area contributed by atoms with Gasteiger partial charge in [0.25, 0.3) is 0 Å². The van der Waals surface area contributed by atoms with Gasteiger partial charge >= 0.3 is 0 Å². The van der Waals surface area contributed by atoms with E-state index in [0.29, 0.717) is 6.61 Å². The molecule has 98 valence electrons. The maximum atomic E-state index is 11.6. The molecule has 1 amide bonds. The smallest absolute Gasteiger partial charge is 0.250 e. The minimum Gasteiger partial charge on any atom is -0.371 e.